The van der Waals surface area contributed by atoms with E-state index in [0.717, 1.165) is 6.29 Å². The highest BCUT2D eigenvalue weighted by molar-refractivity contribution is 7.97. The molecule has 0 aliphatic heterocycles. The first-order chi connectivity index (χ1) is 6.97. The molecule has 1 aromatic rings. The number of carbonyl (C=O) groups is 1. The molecule has 0 saturated carbocycles. The van der Waals surface area contributed by atoms with Gasteiger partial charge in [-0.3, -0.25) is 0 Å². The first kappa shape index (κ1) is 12.3. The predicted octanol–water partition coefficient (Wildman–Crippen LogP) is 2.91. The molecule has 1 aromatic carbocycles. The predicted molar refractivity (Wildman–Crippen MR) is 64.9 cm³/mol. The normalized spacial score (nSPS) is 11.8. The van der Waals surface area contributed by atoms with Crippen LogP contribution >= 0.6 is 11.9 Å². The summed E-state index contributed by atoms with van der Waals surface area (Å²) in [4.78, 5) is 12.1. The molecule has 0 aliphatic rings. The summed E-state index contributed by atoms with van der Waals surface area (Å²) in [6, 6.07) is 8.17. The van der Waals surface area contributed by atoms with Crippen LogP contribution in [0.2, 0.25) is 0 Å². The zero-order chi connectivity index (χ0) is 11.5. The van der Waals surface area contributed by atoms with E-state index in [1.807, 2.05) is 37.3 Å². The summed E-state index contributed by atoms with van der Waals surface area (Å²) in [6.07, 6.45) is 0.971. The lowest BCUT2D eigenvalue weighted by Crippen LogP contribution is -2.37. The van der Waals surface area contributed by atoms with Gasteiger partial charge in [-0.15, -0.1) is 0 Å². The lowest BCUT2D eigenvalue weighted by Gasteiger charge is -2.29. The Bertz CT molecular complexity index is 349. The molecule has 82 valence electrons. The summed E-state index contributed by atoms with van der Waals surface area (Å²) >= 11 is 1.60. The second-order valence-corrected chi connectivity index (χ2v) is 5.30. The van der Waals surface area contributed by atoms with Crippen LogP contribution in [0.15, 0.2) is 29.2 Å². The highest BCUT2D eigenvalue weighted by Gasteiger charge is 2.23. The fraction of sp³-hybridized carbons (Fsp3) is 0.417. The summed E-state index contributed by atoms with van der Waals surface area (Å²) in [5, 5.41) is 0. The number of rotatable bonds is 4. The summed E-state index contributed by atoms with van der Waals surface area (Å²) < 4.78 is 1.97. The number of aryl methyl sites for hydroxylation is 1. The van der Waals surface area contributed by atoms with Crippen LogP contribution in [0.5, 0.6) is 0 Å². The van der Waals surface area contributed by atoms with Crippen molar-refractivity contribution in [3.05, 3.63) is 29.8 Å². The van der Waals surface area contributed by atoms with E-state index in [2.05, 4.69) is 19.1 Å². The molecule has 15 heavy (non-hydrogen) atoms. The van der Waals surface area contributed by atoms with E-state index in [1.54, 1.807) is 11.9 Å². The molecule has 0 bridgehead atoms. The van der Waals surface area contributed by atoms with Gasteiger partial charge in [-0.2, -0.15) is 0 Å². The van der Waals surface area contributed by atoms with Crippen molar-refractivity contribution in [2.24, 2.45) is 0 Å². The SMILES string of the molecule is Cc1ccccc1SN(C)C(C)(C)C=O. The lowest BCUT2D eigenvalue weighted by molar-refractivity contribution is -0.113. The van der Waals surface area contributed by atoms with Gasteiger partial charge in [-0.1, -0.05) is 18.2 Å². The average Bonchev–Trinajstić information content (AvgIpc) is 2.21. The molecule has 2 nitrogen and oxygen atoms in total. The van der Waals surface area contributed by atoms with Gasteiger partial charge < -0.3 is 4.79 Å². The molecule has 0 fully saturated rings. The van der Waals surface area contributed by atoms with E-state index in [1.165, 1.54) is 10.5 Å². The monoisotopic (exact) mass is 223 g/mol. The van der Waals surface area contributed by atoms with Crippen molar-refractivity contribution in [1.82, 2.24) is 4.31 Å². The number of benzene rings is 1. The Morgan fingerprint density at radius 3 is 2.47 bits per heavy atom. The standard InChI is InChI=1S/C12H17NOS/c1-10-7-5-6-8-11(10)15-13(4)12(2,3)9-14/h5-9H,1-4H3. The molecule has 0 spiro atoms. The quantitative estimate of drug-likeness (QED) is 0.578. The third kappa shape index (κ3) is 3.08. The maximum absolute atomic E-state index is 10.9. The number of carbonyl (C=O) groups excluding carboxylic acids is 1. The molecule has 0 heterocycles. The molecule has 0 N–H and O–H groups in total. The van der Waals surface area contributed by atoms with Crippen molar-refractivity contribution in [3.63, 3.8) is 0 Å². The van der Waals surface area contributed by atoms with Gasteiger partial charge in [0.1, 0.15) is 6.29 Å². The second kappa shape index (κ2) is 4.81. The minimum Gasteiger partial charge on any atom is -0.301 e. The van der Waals surface area contributed by atoms with Gasteiger partial charge >= 0.3 is 0 Å². The molecule has 0 saturated heterocycles. The number of aldehydes is 1. The van der Waals surface area contributed by atoms with Gasteiger partial charge in [-0.05, 0) is 51.4 Å². The molecule has 0 radical (unpaired) electrons. The number of nitrogens with zero attached hydrogens (tertiary/aromatic N) is 1. The van der Waals surface area contributed by atoms with Crippen LogP contribution in [0.4, 0.5) is 0 Å². The Balaban J connectivity index is 2.79. The lowest BCUT2D eigenvalue weighted by atomic mass is 10.1. The van der Waals surface area contributed by atoms with E-state index in [9.17, 15) is 4.79 Å². The minimum atomic E-state index is -0.438. The summed E-state index contributed by atoms with van der Waals surface area (Å²) in [7, 11) is 1.94. The van der Waals surface area contributed by atoms with E-state index >= 15 is 0 Å². The second-order valence-electron chi connectivity index (χ2n) is 4.13. The third-order valence-electron chi connectivity index (χ3n) is 2.43. The number of hydrogen-bond acceptors (Lipinski definition) is 3. The fourth-order valence-corrected chi connectivity index (χ4v) is 1.92. The zero-order valence-electron chi connectivity index (χ0n) is 9.65. The topological polar surface area (TPSA) is 20.3 Å². The summed E-state index contributed by atoms with van der Waals surface area (Å²) in [5.74, 6) is 0. The highest BCUT2D eigenvalue weighted by atomic mass is 32.2. The zero-order valence-corrected chi connectivity index (χ0v) is 10.5. The van der Waals surface area contributed by atoms with Gasteiger partial charge in [0, 0.05) is 4.90 Å². The largest absolute Gasteiger partial charge is 0.301 e. The van der Waals surface area contributed by atoms with Crippen molar-refractivity contribution in [2.75, 3.05) is 7.05 Å². The molecular weight excluding hydrogens is 206 g/mol. The van der Waals surface area contributed by atoms with E-state index in [4.69, 9.17) is 0 Å². The first-order valence-corrected chi connectivity index (χ1v) is 5.68. The van der Waals surface area contributed by atoms with Crippen molar-refractivity contribution >= 4 is 18.2 Å². The molecule has 1 rings (SSSR count). The Labute approximate surface area is 95.8 Å². The Morgan fingerprint density at radius 1 is 1.33 bits per heavy atom. The number of likely N-dealkylation sites (N-methyl/N-ethyl adjacent to an activating group) is 1. The first-order valence-electron chi connectivity index (χ1n) is 4.91. The highest BCUT2D eigenvalue weighted by Crippen LogP contribution is 2.29. The maximum Gasteiger partial charge on any atom is 0.140 e. The van der Waals surface area contributed by atoms with Crippen LogP contribution < -0.4 is 0 Å². The third-order valence-corrected chi connectivity index (χ3v) is 3.83. The van der Waals surface area contributed by atoms with Crippen molar-refractivity contribution in [3.8, 4) is 0 Å². The van der Waals surface area contributed by atoms with Gasteiger partial charge in [0.2, 0.25) is 0 Å². The van der Waals surface area contributed by atoms with Crippen molar-refractivity contribution in [2.45, 2.75) is 31.2 Å². The van der Waals surface area contributed by atoms with Crippen LogP contribution in [-0.4, -0.2) is 23.2 Å². The maximum atomic E-state index is 10.9. The molecule has 0 unspecified atom stereocenters. The summed E-state index contributed by atoms with van der Waals surface area (Å²) in [5.41, 5.74) is 0.795. The smallest absolute Gasteiger partial charge is 0.140 e. The van der Waals surface area contributed by atoms with Crippen LogP contribution in [-0.2, 0) is 4.79 Å². The molecular formula is C12H17NOS. The fourth-order valence-electron chi connectivity index (χ4n) is 0.998. The summed E-state index contributed by atoms with van der Waals surface area (Å²) in [6.45, 7) is 5.89. The van der Waals surface area contributed by atoms with Gasteiger partial charge in [0.25, 0.3) is 0 Å². The van der Waals surface area contributed by atoms with Crippen molar-refractivity contribution in [1.29, 1.82) is 0 Å². The minimum absolute atomic E-state index is 0.438. The molecule has 0 aliphatic carbocycles. The Hall–Kier alpha value is -0.800. The van der Waals surface area contributed by atoms with Gasteiger partial charge in [-0.25, -0.2) is 4.31 Å². The Morgan fingerprint density at radius 2 is 1.93 bits per heavy atom. The Kier molecular flexibility index (Phi) is 3.94. The van der Waals surface area contributed by atoms with E-state index in [-0.39, 0.29) is 0 Å². The van der Waals surface area contributed by atoms with Crippen LogP contribution in [0.1, 0.15) is 19.4 Å². The van der Waals surface area contributed by atoms with E-state index in [0.29, 0.717) is 0 Å². The molecule has 3 heteroatoms. The van der Waals surface area contributed by atoms with Crippen LogP contribution in [0.3, 0.4) is 0 Å². The van der Waals surface area contributed by atoms with Gasteiger partial charge in [0.15, 0.2) is 0 Å². The number of hydrogen-bond donors (Lipinski definition) is 0. The van der Waals surface area contributed by atoms with Crippen LogP contribution in [0.25, 0.3) is 0 Å². The van der Waals surface area contributed by atoms with Crippen molar-refractivity contribution < 1.29 is 4.79 Å². The molecule has 0 atom stereocenters. The molecule has 0 aromatic heterocycles. The molecule has 0 amide bonds. The van der Waals surface area contributed by atoms with Crippen LogP contribution in [0, 0.1) is 6.92 Å². The van der Waals surface area contributed by atoms with Gasteiger partial charge in [0.05, 0.1) is 5.54 Å². The average molecular weight is 223 g/mol. The van der Waals surface area contributed by atoms with E-state index < -0.39 is 5.54 Å².